The number of halogens is 1. The lowest BCUT2D eigenvalue weighted by molar-refractivity contribution is 0.00578. The van der Waals surface area contributed by atoms with Gasteiger partial charge in [-0.2, -0.15) is 0 Å². The van der Waals surface area contributed by atoms with Crippen LogP contribution in [-0.4, -0.2) is 35.9 Å². The molecule has 1 saturated heterocycles. The fraction of sp³-hybridized carbons (Fsp3) is 0.364. The summed E-state index contributed by atoms with van der Waals surface area (Å²) in [5, 5.41) is 3.34. The highest BCUT2D eigenvalue weighted by Gasteiger charge is 2.52. The average Bonchev–Trinajstić information content (AvgIpc) is 2.91. The molecule has 3 rings (SSSR count). The summed E-state index contributed by atoms with van der Waals surface area (Å²) < 4.78 is 17.6. The highest BCUT2D eigenvalue weighted by Crippen LogP contribution is 2.38. The van der Waals surface area contributed by atoms with Gasteiger partial charge in [-0.15, -0.1) is 0 Å². The van der Waals surface area contributed by atoms with Crippen molar-refractivity contribution in [1.82, 2.24) is 10.3 Å². The van der Waals surface area contributed by atoms with Crippen molar-refractivity contribution in [2.45, 2.75) is 45.5 Å². The summed E-state index contributed by atoms with van der Waals surface area (Å²) in [4.78, 5) is 16.5. The number of nitrogens with zero attached hydrogens (tertiary/aromatic N) is 1. The van der Waals surface area contributed by atoms with Crippen LogP contribution in [0, 0.1) is 0 Å². The Bertz CT molecular complexity index is 902. The highest BCUT2D eigenvalue weighted by molar-refractivity contribution is 6.56. The fourth-order valence-electron chi connectivity index (χ4n) is 2.84. The largest absolute Gasteiger partial charge is 0.492 e. The van der Waals surface area contributed by atoms with Gasteiger partial charge in [0, 0.05) is 17.8 Å². The van der Waals surface area contributed by atoms with E-state index in [1.54, 1.807) is 18.3 Å². The minimum atomic E-state index is -0.634. The molecule has 30 heavy (non-hydrogen) atoms. The van der Waals surface area contributed by atoms with Crippen molar-refractivity contribution >= 4 is 30.9 Å². The molecule has 1 fully saturated rings. The molecular weight excluding hydrogens is 403 g/mol. The van der Waals surface area contributed by atoms with Gasteiger partial charge in [0.2, 0.25) is 0 Å². The summed E-state index contributed by atoms with van der Waals surface area (Å²) in [7, 11) is -0.634. The number of benzene rings is 1. The quantitative estimate of drug-likeness (QED) is 0.677. The van der Waals surface area contributed by atoms with E-state index in [4.69, 9.17) is 25.6 Å². The third-order valence-corrected chi connectivity index (χ3v) is 5.52. The Morgan fingerprint density at radius 3 is 2.47 bits per heavy atom. The lowest BCUT2D eigenvalue weighted by Crippen LogP contribution is -2.41. The van der Waals surface area contributed by atoms with E-state index in [-0.39, 0.29) is 13.2 Å². The maximum atomic E-state index is 12.2. The van der Waals surface area contributed by atoms with Crippen molar-refractivity contribution in [1.29, 1.82) is 0 Å². The van der Waals surface area contributed by atoms with Gasteiger partial charge in [-0.05, 0) is 56.9 Å². The van der Waals surface area contributed by atoms with Crippen molar-refractivity contribution in [3.63, 3.8) is 0 Å². The number of carbonyl (C=O) groups is 1. The number of ether oxygens (including phenoxy) is 1. The minimum absolute atomic E-state index is 0.179. The number of rotatable bonds is 6. The van der Waals surface area contributed by atoms with Crippen LogP contribution in [-0.2, 0) is 20.7 Å². The zero-order chi connectivity index (χ0) is 21.8. The molecule has 158 valence electrons. The van der Waals surface area contributed by atoms with Crippen molar-refractivity contribution in [2.24, 2.45) is 0 Å². The van der Waals surface area contributed by atoms with Gasteiger partial charge < -0.3 is 19.4 Å². The maximum absolute atomic E-state index is 12.2. The Kier molecular flexibility index (Phi) is 6.86. The summed E-state index contributed by atoms with van der Waals surface area (Å²) in [5.41, 5.74) is 1.25. The maximum Gasteiger partial charge on any atom is 0.492 e. The third-order valence-electron chi connectivity index (χ3n) is 5.28. The molecule has 6 nitrogen and oxygen atoms in total. The van der Waals surface area contributed by atoms with Crippen LogP contribution in [0.25, 0.3) is 6.08 Å². The molecule has 1 aromatic heterocycles. The van der Waals surface area contributed by atoms with Gasteiger partial charge in [0.25, 0.3) is 0 Å². The number of pyridine rings is 1. The van der Waals surface area contributed by atoms with Crippen LogP contribution in [0.2, 0.25) is 5.02 Å². The van der Waals surface area contributed by atoms with Gasteiger partial charge >= 0.3 is 13.2 Å². The molecule has 2 aromatic rings. The molecule has 0 unspecified atom stereocenters. The van der Waals surface area contributed by atoms with Crippen LogP contribution in [0.3, 0.4) is 0 Å². The van der Waals surface area contributed by atoms with Crippen molar-refractivity contribution in [3.05, 3.63) is 70.4 Å². The van der Waals surface area contributed by atoms with E-state index < -0.39 is 24.4 Å². The number of alkyl carbamates (subject to hydrolysis) is 1. The second kappa shape index (κ2) is 9.21. The Morgan fingerprint density at radius 1 is 1.17 bits per heavy atom. The molecule has 1 aliphatic heterocycles. The lowest BCUT2D eigenvalue weighted by atomic mass is 9.77. The first kappa shape index (κ1) is 22.3. The molecule has 8 heteroatoms. The third kappa shape index (κ3) is 5.62. The van der Waals surface area contributed by atoms with Crippen molar-refractivity contribution in [2.75, 3.05) is 6.54 Å². The van der Waals surface area contributed by atoms with Crippen molar-refractivity contribution < 1.29 is 18.8 Å². The van der Waals surface area contributed by atoms with E-state index in [2.05, 4.69) is 10.3 Å². The molecule has 0 radical (unpaired) electrons. The minimum Gasteiger partial charge on any atom is -0.445 e. The van der Waals surface area contributed by atoms with E-state index in [9.17, 15) is 4.79 Å². The summed E-state index contributed by atoms with van der Waals surface area (Å²) in [6.45, 7) is 8.28. The molecule has 0 spiro atoms. The summed E-state index contributed by atoms with van der Waals surface area (Å²) in [6, 6.07) is 12.9. The van der Waals surface area contributed by atoms with Crippen LogP contribution in [0.4, 0.5) is 4.79 Å². The zero-order valence-corrected chi connectivity index (χ0v) is 18.4. The highest BCUT2D eigenvalue weighted by atomic mass is 35.5. The molecule has 1 aliphatic rings. The van der Waals surface area contributed by atoms with E-state index in [0.29, 0.717) is 16.2 Å². The van der Waals surface area contributed by atoms with Gasteiger partial charge in [-0.25, -0.2) is 4.79 Å². The predicted molar refractivity (Wildman–Crippen MR) is 118 cm³/mol. The normalized spacial score (nSPS) is 17.6. The number of hydrogen-bond donors (Lipinski definition) is 1. The van der Waals surface area contributed by atoms with Crippen LogP contribution in [0.1, 0.15) is 39.0 Å². The number of amides is 1. The number of nitrogens with one attached hydrogen (secondary N) is 1. The molecule has 1 amide bonds. The molecule has 0 bridgehead atoms. The standard InChI is InChI=1S/C22H26BClN2O4/c1-21(2)22(3,4)30-23(29-21)17(12-19-13-18(24)10-11-25-19)14-26-20(27)28-15-16-8-6-5-7-9-16/h5-13H,14-15H2,1-4H3,(H,26,27). The zero-order valence-electron chi connectivity index (χ0n) is 17.6. The molecule has 1 aromatic carbocycles. The van der Waals surface area contributed by atoms with Crippen LogP contribution in [0.5, 0.6) is 0 Å². The predicted octanol–water partition coefficient (Wildman–Crippen LogP) is 4.68. The van der Waals surface area contributed by atoms with Crippen LogP contribution in [0.15, 0.2) is 54.1 Å². The number of aromatic nitrogens is 1. The van der Waals surface area contributed by atoms with E-state index in [0.717, 1.165) is 5.56 Å². The molecule has 0 atom stereocenters. The molecular formula is C22H26BClN2O4. The van der Waals surface area contributed by atoms with Crippen LogP contribution < -0.4 is 5.32 Å². The summed E-state index contributed by atoms with van der Waals surface area (Å²) in [6.07, 6.45) is 2.91. The van der Waals surface area contributed by atoms with E-state index in [1.807, 2.05) is 64.1 Å². The topological polar surface area (TPSA) is 69.7 Å². The smallest absolute Gasteiger partial charge is 0.445 e. The SMILES string of the molecule is CC1(C)OB(C(=Cc2cc(Cl)ccn2)CNC(=O)OCc2ccccc2)OC1(C)C. The molecule has 0 saturated carbocycles. The van der Waals surface area contributed by atoms with Gasteiger partial charge in [0.15, 0.2) is 0 Å². The number of hydrogen-bond acceptors (Lipinski definition) is 5. The summed E-state index contributed by atoms with van der Waals surface area (Å²) >= 11 is 6.08. The Morgan fingerprint density at radius 2 is 1.83 bits per heavy atom. The van der Waals surface area contributed by atoms with Crippen molar-refractivity contribution in [3.8, 4) is 0 Å². The molecule has 1 N–H and O–H groups in total. The average molecular weight is 429 g/mol. The van der Waals surface area contributed by atoms with Gasteiger partial charge in [-0.1, -0.05) is 41.9 Å². The van der Waals surface area contributed by atoms with Gasteiger partial charge in [0.05, 0.1) is 16.9 Å². The second-order valence-electron chi connectivity index (χ2n) is 8.12. The second-order valence-corrected chi connectivity index (χ2v) is 8.56. The molecule has 2 heterocycles. The monoisotopic (exact) mass is 428 g/mol. The Labute approximate surface area is 182 Å². The number of carbonyl (C=O) groups excluding carboxylic acids is 1. The molecule has 0 aliphatic carbocycles. The van der Waals surface area contributed by atoms with Crippen LogP contribution >= 0.6 is 11.6 Å². The Balaban J connectivity index is 1.71. The Hall–Kier alpha value is -2.35. The van der Waals surface area contributed by atoms with Gasteiger partial charge in [0.1, 0.15) is 6.61 Å². The first-order valence-electron chi connectivity index (χ1n) is 9.78. The first-order valence-corrected chi connectivity index (χ1v) is 10.2. The van der Waals surface area contributed by atoms with Gasteiger partial charge in [-0.3, -0.25) is 4.98 Å². The van der Waals surface area contributed by atoms with E-state index in [1.165, 1.54) is 0 Å². The fourth-order valence-corrected chi connectivity index (χ4v) is 3.00. The summed E-state index contributed by atoms with van der Waals surface area (Å²) in [5.74, 6) is 0. The first-order chi connectivity index (χ1) is 14.2. The lowest BCUT2D eigenvalue weighted by Gasteiger charge is -2.32. The van der Waals surface area contributed by atoms with E-state index >= 15 is 0 Å².